The van der Waals surface area contributed by atoms with E-state index in [-0.39, 0.29) is 5.75 Å². The van der Waals surface area contributed by atoms with Gasteiger partial charge < -0.3 is 0 Å². The predicted molar refractivity (Wildman–Crippen MR) is 76.8 cm³/mol. The van der Waals surface area contributed by atoms with Crippen LogP contribution in [0.1, 0.15) is 37.7 Å². The van der Waals surface area contributed by atoms with Gasteiger partial charge in [-0.05, 0) is 31.4 Å². The number of halogens is 3. The lowest BCUT2D eigenvalue weighted by molar-refractivity contribution is -0.139. The van der Waals surface area contributed by atoms with Gasteiger partial charge in [0.1, 0.15) is 0 Å². The molecule has 2 nitrogen and oxygen atoms in total. The van der Waals surface area contributed by atoms with E-state index in [2.05, 4.69) is 6.58 Å². The summed E-state index contributed by atoms with van der Waals surface area (Å²) in [5.74, 6) is -0.256. The van der Waals surface area contributed by atoms with Crippen molar-refractivity contribution in [2.75, 3.05) is 5.75 Å². The second-order valence-corrected chi connectivity index (χ2v) is 6.88. The summed E-state index contributed by atoms with van der Waals surface area (Å²) in [7, 11) is -3.91. The van der Waals surface area contributed by atoms with Crippen molar-refractivity contribution in [3.63, 3.8) is 0 Å². The van der Waals surface area contributed by atoms with Crippen molar-refractivity contribution < 1.29 is 21.6 Å². The lowest BCUT2D eigenvalue weighted by Gasteiger charge is -2.13. The van der Waals surface area contributed by atoms with Crippen molar-refractivity contribution in [2.45, 2.75) is 43.2 Å². The first-order chi connectivity index (χ1) is 9.79. The van der Waals surface area contributed by atoms with Gasteiger partial charge in [0, 0.05) is 0 Å². The summed E-state index contributed by atoms with van der Waals surface area (Å²) in [6.45, 7) is 3.59. The van der Waals surface area contributed by atoms with Gasteiger partial charge in [-0.25, -0.2) is 8.42 Å². The zero-order valence-electron chi connectivity index (χ0n) is 11.7. The second-order valence-electron chi connectivity index (χ2n) is 4.80. The topological polar surface area (TPSA) is 34.1 Å². The molecule has 1 aromatic rings. The average molecular weight is 320 g/mol. The first-order valence-electron chi connectivity index (χ1n) is 6.79. The van der Waals surface area contributed by atoms with E-state index in [0.29, 0.717) is 12.8 Å². The number of hydrogen-bond acceptors (Lipinski definition) is 2. The van der Waals surface area contributed by atoms with Gasteiger partial charge in [0.15, 0.2) is 9.84 Å². The Balaban J connectivity index is 2.73. The van der Waals surface area contributed by atoms with Crippen molar-refractivity contribution >= 4 is 9.84 Å². The third-order valence-electron chi connectivity index (χ3n) is 3.10. The van der Waals surface area contributed by atoms with Crippen LogP contribution in [0, 0.1) is 0 Å². The molecule has 0 aliphatic carbocycles. The van der Waals surface area contributed by atoms with Gasteiger partial charge in [-0.3, -0.25) is 0 Å². The van der Waals surface area contributed by atoms with Crippen molar-refractivity contribution in [1.82, 2.24) is 0 Å². The zero-order chi connectivity index (χ0) is 15.9. The van der Waals surface area contributed by atoms with Crippen LogP contribution in [-0.4, -0.2) is 14.2 Å². The molecule has 21 heavy (non-hydrogen) atoms. The van der Waals surface area contributed by atoms with Crippen LogP contribution in [0.15, 0.2) is 41.8 Å². The van der Waals surface area contributed by atoms with Gasteiger partial charge in [-0.15, -0.1) is 6.58 Å². The molecular formula is C15H19F3O2S. The molecule has 0 spiro atoms. The molecule has 0 heterocycles. The van der Waals surface area contributed by atoms with Gasteiger partial charge in [0.05, 0.1) is 16.2 Å². The SMILES string of the molecule is C=CCCCCCCS(=O)(=O)c1ccccc1C(F)(F)F. The summed E-state index contributed by atoms with van der Waals surface area (Å²) in [5.41, 5.74) is -1.09. The predicted octanol–water partition coefficient (Wildman–Crippen LogP) is 4.62. The molecule has 0 amide bonds. The fourth-order valence-corrected chi connectivity index (χ4v) is 3.63. The molecule has 0 unspecified atom stereocenters. The number of unbranched alkanes of at least 4 members (excludes halogenated alkanes) is 4. The number of hydrogen-bond donors (Lipinski definition) is 0. The first kappa shape index (κ1) is 17.8. The Bertz CT molecular complexity index is 563. The molecule has 0 N–H and O–H groups in total. The standard InChI is InChI=1S/C15H19F3O2S/c1-2-3-4-5-6-9-12-21(19,20)14-11-8-7-10-13(14)15(16,17)18/h2,7-8,10-11H,1,3-6,9,12H2. The van der Waals surface area contributed by atoms with E-state index in [1.165, 1.54) is 12.1 Å². The minimum atomic E-state index is -4.66. The number of sulfone groups is 1. The van der Waals surface area contributed by atoms with Crippen LogP contribution in [0.3, 0.4) is 0 Å². The van der Waals surface area contributed by atoms with Crippen molar-refractivity contribution in [2.24, 2.45) is 0 Å². The van der Waals surface area contributed by atoms with E-state index in [1.54, 1.807) is 6.08 Å². The minimum absolute atomic E-state index is 0.256. The average Bonchev–Trinajstić information content (AvgIpc) is 2.42. The molecule has 0 atom stereocenters. The molecule has 0 saturated carbocycles. The third kappa shape index (κ3) is 5.53. The zero-order valence-corrected chi connectivity index (χ0v) is 12.5. The summed E-state index contributed by atoms with van der Waals surface area (Å²) in [4.78, 5) is -0.622. The van der Waals surface area contributed by atoms with Gasteiger partial charge in [0.25, 0.3) is 0 Å². The van der Waals surface area contributed by atoms with Gasteiger partial charge in [-0.1, -0.05) is 31.1 Å². The van der Waals surface area contributed by atoms with Crippen LogP contribution in [0.5, 0.6) is 0 Å². The molecule has 0 aromatic heterocycles. The Morgan fingerprint density at radius 3 is 2.29 bits per heavy atom. The molecule has 0 bridgehead atoms. The maximum Gasteiger partial charge on any atom is 0.417 e. The number of benzene rings is 1. The summed E-state index contributed by atoms with van der Waals surface area (Å²) in [6.07, 6.45) is 0.811. The Hall–Kier alpha value is -1.30. The van der Waals surface area contributed by atoms with E-state index in [1.807, 2.05) is 0 Å². The highest BCUT2D eigenvalue weighted by molar-refractivity contribution is 7.91. The highest BCUT2D eigenvalue weighted by Crippen LogP contribution is 2.34. The largest absolute Gasteiger partial charge is 0.417 e. The second kappa shape index (κ2) is 7.64. The Kier molecular flexibility index (Phi) is 6.45. The van der Waals surface area contributed by atoms with Crippen LogP contribution >= 0.6 is 0 Å². The van der Waals surface area contributed by atoms with Crippen molar-refractivity contribution in [1.29, 1.82) is 0 Å². The Morgan fingerprint density at radius 2 is 1.67 bits per heavy atom. The van der Waals surface area contributed by atoms with Gasteiger partial charge in [-0.2, -0.15) is 13.2 Å². The monoisotopic (exact) mass is 320 g/mol. The number of rotatable bonds is 8. The van der Waals surface area contributed by atoms with E-state index in [4.69, 9.17) is 0 Å². The van der Waals surface area contributed by atoms with E-state index < -0.39 is 26.5 Å². The lowest BCUT2D eigenvalue weighted by Crippen LogP contribution is -2.15. The lowest BCUT2D eigenvalue weighted by atomic mass is 10.2. The van der Waals surface area contributed by atoms with E-state index in [0.717, 1.165) is 31.4 Å². The summed E-state index contributed by atoms with van der Waals surface area (Å²) < 4.78 is 62.6. The Labute approximate surface area is 123 Å². The quantitative estimate of drug-likeness (QED) is 0.517. The summed E-state index contributed by atoms with van der Waals surface area (Å²) in [6, 6.07) is 4.33. The molecule has 0 aliphatic heterocycles. The van der Waals surface area contributed by atoms with Crippen LogP contribution in [0.4, 0.5) is 13.2 Å². The maximum atomic E-state index is 12.8. The molecule has 0 saturated heterocycles. The fraction of sp³-hybridized carbons (Fsp3) is 0.467. The molecule has 118 valence electrons. The Morgan fingerprint density at radius 1 is 1.05 bits per heavy atom. The normalized spacial score (nSPS) is 12.3. The van der Waals surface area contributed by atoms with Crippen molar-refractivity contribution in [3.8, 4) is 0 Å². The summed E-state index contributed by atoms with van der Waals surface area (Å²) in [5, 5.41) is 0. The molecule has 0 fully saturated rings. The van der Waals surface area contributed by atoms with E-state index >= 15 is 0 Å². The third-order valence-corrected chi connectivity index (χ3v) is 4.95. The molecule has 0 aliphatic rings. The fourth-order valence-electron chi connectivity index (χ4n) is 2.02. The van der Waals surface area contributed by atoms with Gasteiger partial charge >= 0.3 is 6.18 Å². The van der Waals surface area contributed by atoms with Crippen LogP contribution in [0.25, 0.3) is 0 Å². The molecule has 1 aromatic carbocycles. The summed E-state index contributed by atoms with van der Waals surface area (Å²) >= 11 is 0. The van der Waals surface area contributed by atoms with Crippen molar-refractivity contribution in [3.05, 3.63) is 42.5 Å². The van der Waals surface area contributed by atoms with Crippen LogP contribution in [-0.2, 0) is 16.0 Å². The van der Waals surface area contributed by atoms with Crippen LogP contribution < -0.4 is 0 Å². The molecule has 6 heteroatoms. The minimum Gasteiger partial charge on any atom is -0.224 e. The van der Waals surface area contributed by atoms with Crippen LogP contribution in [0.2, 0.25) is 0 Å². The smallest absolute Gasteiger partial charge is 0.224 e. The molecule has 0 radical (unpaired) electrons. The number of alkyl halides is 3. The maximum absolute atomic E-state index is 12.8. The van der Waals surface area contributed by atoms with Gasteiger partial charge in [0.2, 0.25) is 0 Å². The van der Waals surface area contributed by atoms with E-state index in [9.17, 15) is 21.6 Å². The molecular weight excluding hydrogens is 301 g/mol. The molecule has 1 rings (SSSR count). The highest BCUT2D eigenvalue weighted by atomic mass is 32.2. The highest BCUT2D eigenvalue weighted by Gasteiger charge is 2.36. The number of allylic oxidation sites excluding steroid dienone is 1. The first-order valence-corrected chi connectivity index (χ1v) is 8.44.